The van der Waals surface area contributed by atoms with E-state index in [0.717, 1.165) is 6.07 Å². The summed E-state index contributed by atoms with van der Waals surface area (Å²) in [4.78, 5) is 15.5. The summed E-state index contributed by atoms with van der Waals surface area (Å²) in [6, 6.07) is 1.13. The molecule has 0 spiro atoms. The molecule has 0 saturated carbocycles. The monoisotopic (exact) mass is 278 g/mol. The molecule has 0 fully saturated rings. The van der Waals surface area contributed by atoms with E-state index < -0.39 is 18.1 Å². The lowest BCUT2D eigenvalue weighted by molar-refractivity contribution is -0.275. The van der Waals surface area contributed by atoms with E-state index in [1.807, 2.05) is 0 Å². The smallest absolute Gasteiger partial charge is 0.462 e. The molecule has 2 N–H and O–H groups in total. The van der Waals surface area contributed by atoms with Crippen LogP contribution in [-0.2, 0) is 11.3 Å². The van der Waals surface area contributed by atoms with E-state index in [1.165, 1.54) is 6.92 Å². The van der Waals surface area contributed by atoms with Crippen LogP contribution in [0.25, 0.3) is 0 Å². The van der Waals surface area contributed by atoms with Crippen LogP contribution in [0.1, 0.15) is 28.7 Å². The van der Waals surface area contributed by atoms with Gasteiger partial charge in [-0.3, -0.25) is 4.98 Å². The summed E-state index contributed by atoms with van der Waals surface area (Å²) in [5.41, 5.74) is 5.21. The number of ether oxygens (including phenoxy) is 2. The Morgan fingerprint density at radius 1 is 1.47 bits per heavy atom. The third-order valence-corrected chi connectivity index (χ3v) is 2.12. The van der Waals surface area contributed by atoms with Gasteiger partial charge in [-0.1, -0.05) is 0 Å². The number of rotatable bonds is 4. The van der Waals surface area contributed by atoms with E-state index in [1.54, 1.807) is 6.92 Å². The molecule has 0 aromatic carbocycles. The zero-order valence-corrected chi connectivity index (χ0v) is 10.4. The number of esters is 1. The lowest BCUT2D eigenvalue weighted by atomic mass is 10.1. The maximum Gasteiger partial charge on any atom is 0.573 e. The van der Waals surface area contributed by atoms with Crippen molar-refractivity contribution in [3.05, 3.63) is 23.0 Å². The standard InChI is InChI=1S/C11H13F3N2O3/c1-3-18-10(17)8-4-7(5-15)16-6(2)9(8)19-11(12,13)14/h4H,3,5,15H2,1-2H3. The van der Waals surface area contributed by atoms with Gasteiger partial charge in [-0.05, 0) is 19.9 Å². The molecule has 0 aliphatic heterocycles. The number of carbonyl (C=O) groups excluding carboxylic acids is 1. The Morgan fingerprint density at radius 2 is 2.11 bits per heavy atom. The first kappa shape index (κ1) is 15.2. The van der Waals surface area contributed by atoms with Gasteiger partial charge in [0.2, 0.25) is 0 Å². The van der Waals surface area contributed by atoms with Crippen LogP contribution in [0.2, 0.25) is 0 Å². The van der Waals surface area contributed by atoms with Crippen LogP contribution in [0.4, 0.5) is 13.2 Å². The van der Waals surface area contributed by atoms with Gasteiger partial charge in [0, 0.05) is 6.54 Å². The van der Waals surface area contributed by atoms with E-state index in [-0.39, 0.29) is 30.1 Å². The molecule has 0 aliphatic carbocycles. The van der Waals surface area contributed by atoms with E-state index >= 15 is 0 Å². The van der Waals surface area contributed by atoms with Crippen molar-refractivity contribution in [2.75, 3.05) is 6.61 Å². The van der Waals surface area contributed by atoms with Gasteiger partial charge in [-0.2, -0.15) is 0 Å². The number of hydrogen-bond acceptors (Lipinski definition) is 5. The van der Waals surface area contributed by atoms with E-state index in [4.69, 9.17) is 5.73 Å². The van der Waals surface area contributed by atoms with E-state index in [0.29, 0.717) is 0 Å². The van der Waals surface area contributed by atoms with E-state index in [2.05, 4.69) is 14.5 Å². The molecule has 5 nitrogen and oxygen atoms in total. The second kappa shape index (κ2) is 5.87. The fourth-order valence-electron chi connectivity index (χ4n) is 1.44. The van der Waals surface area contributed by atoms with Crippen LogP contribution in [0.3, 0.4) is 0 Å². The van der Waals surface area contributed by atoms with Crippen molar-refractivity contribution >= 4 is 5.97 Å². The van der Waals surface area contributed by atoms with Gasteiger partial charge in [-0.25, -0.2) is 4.79 Å². The Morgan fingerprint density at radius 3 is 2.58 bits per heavy atom. The number of nitrogens with two attached hydrogens (primary N) is 1. The molecule has 1 rings (SSSR count). The van der Waals surface area contributed by atoms with Gasteiger partial charge < -0.3 is 15.2 Å². The van der Waals surface area contributed by atoms with Gasteiger partial charge in [0.1, 0.15) is 5.56 Å². The zero-order valence-electron chi connectivity index (χ0n) is 10.4. The number of carbonyl (C=O) groups is 1. The SMILES string of the molecule is CCOC(=O)c1cc(CN)nc(C)c1OC(F)(F)F. The minimum Gasteiger partial charge on any atom is -0.462 e. The van der Waals surface area contributed by atoms with Crippen molar-refractivity contribution in [1.82, 2.24) is 4.98 Å². The van der Waals surface area contributed by atoms with Crippen molar-refractivity contribution in [2.24, 2.45) is 5.73 Å². The minimum atomic E-state index is -4.92. The number of aromatic nitrogens is 1. The number of alkyl halides is 3. The summed E-state index contributed by atoms with van der Waals surface area (Å²) in [6.45, 7) is 2.85. The lowest BCUT2D eigenvalue weighted by Crippen LogP contribution is -2.21. The zero-order chi connectivity index (χ0) is 14.6. The van der Waals surface area contributed by atoms with Crippen molar-refractivity contribution in [2.45, 2.75) is 26.8 Å². The second-order valence-electron chi connectivity index (χ2n) is 3.55. The topological polar surface area (TPSA) is 74.4 Å². The van der Waals surface area contributed by atoms with Crippen LogP contribution in [0.5, 0.6) is 5.75 Å². The molecule has 1 heterocycles. The first-order valence-electron chi connectivity index (χ1n) is 5.42. The normalized spacial score (nSPS) is 11.3. The Bertz CT molecular complexity index is 475. The average Bonchev–Trinajstić information content (AvgIpc) is 2.30. The largest absolute Gasteiger partial charge is 0.573 e. The second-order valence-corrected chi connectivity index (χ2v) is 3.55. The highest BCUT2D eigenvalue weighted by atomic mass is 19.4. The van der Waals surface area contributed by atoms with Crippen molar-refractivity contribution in [1.29, 1.82) is 0 Å². The highest BCUT2D eigenvalue weighted by molar-refractivity contribution is 5.93. The third-order valence-electron chi connectivity index (χ3n) is 2.12. The van der Waals surface area contributed by atoms with Crippen molar-refractivity contribution < 1.29 is 27.4 Å². The first-order valence-corrected chi connectivity index (χ1v) is 5.42. The number of aryl methyl sites for hydroxylation is 1. The molecule has 0 amide bonds. The quantitative estimate of drug-likeness (QED) is 0.852. The molecule has 0 atom stereocenters. The van der Waals surface area contributed by atoms with Crippen LogP contribution in [-0.4, -0.2) is 23.9 Å². The van der Waals surface area contributed by atoms with Gasteiger partial charge in [0.15, 0.2) is 5.75 Å². The van der Waals surface area contributed by atoms with Crippen LogP contribution in [0, 0.1) is 6.92 Å². The highest BCUT2D eigenvalue weighted by Gasteiger charge is 2.34. The molecule has 0 bridgehead atoms. The summed E-state index contributed by atoms with van der Waals surface area (Å²) in [7, 11) is 0. The molecule has 0 aliphatic rings. The van der Waals surface area contributed by atoms with Crippen molar-refractivity contribution in [3.63, 3.8) is 0 Å². The molecule has 0 radical (unpaired) electrons. The predicted octanol–water partition coefficient (Wildman–Crippen LogP) is 1.92. The minimum absolute atomic E-state index is 0.0143. The molecule has 8 heteroatoms. The Kier molecular flexibility index (Phi) is 4.71. The summed E-state index contributed by atoms with van der Waals surface area (Å²) >= 11 is 0. The fourth-order valence-corrected chi connectivity index (χ4v) is 1.44. The summed E-state index contributed by atoms with van der Waals surface area (Å²) in [5, 5.41) is 0. The highest BCUT2D eigenvalue weighted by Crippen LogP contribution is 2.30. The molecule has 1 aromatic rings. The number of halogens is 3. The van der Waals surface area contributed by atoms with Gasteiger partial charge in [0.05, 0.1) is 18.0 Å². The summed E-state index contributed by atoms with van der Waals surface area (Å²) < 4.78 is 45.4. The summed E-state index contributed by atoms with van der Waals surface area (Å²) in [6.07, 6.45) is -4.92. The van der Waals surface area contributed by atoms with Crippen LogP contribution < -0.4 is 10.5 Å². The van der Waals surface area contributed by atoms with E-state index in [9.17, 15) is 18.0 Å². The molecule has 0 saturated heterocycles. The number of nitrogens with zero attached hydrogens (tertiary/aromatic N) is 1. The molecular formula is C11H13F3N2O3. The first-order chi connectivity index (χ1) is 8.78. The molecule has 106 valence electrons. The summed E-state index contributed by atoms with van der Waals surface area (Å²) in [5.74, 6) is -1.58. The third kappa shape index (κ3) is 4.09. The predicted molar refractivity (Wildman–Crippen MR) is 59.5 cm³/mol. The van der Waals surface area contributed by atoms with Crippen molar-refractivity contribution in [3.8, 4) is 5.75 Å². The molecular weight excluding hydrogens is 265 g/mol. The van der Waals surface area contributed by atoms with Gasteiger partial charge in [-0.15, -0.1) is 13.2 Å². The number of hydrogen-bond donors (Lipinski definition) is 1. The van der Waals surface area contributed by atoms with Crippen LogP contribution in [0.15, 0.2) is 6.07 Å². The van der Waals surface area contributed by atoms with Crippen LogP contribution >= 0.6 is 0 Å². The number of pyridine rings is 1. The molecule has 0 unspecified atom stereocenters. The van der Waals surface area contributed by atoms with Gasteiger partial charge >= 0.3 is 12.3 Å². The lowest BCUT2D eigenvalue weighted by Gasteiger charge is -2.15. The average molecular weight is 278 g/mol. The Labute approximate surface area is 107 Å². The van der Waals surface area contributed by atoms with Gasteiger partial charge in [0.25, 0.3) is 0 Å². The molecule has 19 heavy (non-hydrogen) atoms. The Balaban J connectivity index is 3.29. The molecule has 1 aromatic heterocycles. The maximum atomic E-state index is 12.3. The Hall–Kier alpha value is -1.83. The fraction of sp³-hybridized carbons (Fsp3) is 0.455. The maximum absolute atomic E-state index is 12.3.